The van der Waals surface area contributed by atoms with Crippen LogP contribution >= 0.6 is 11.6 Å². The van der Waals surface area contributed by atoms with Crippen LogP contribution in [0, 0.1) is 5.92 Å². The lowest BCUT2D eigenvalue weighted by Crippen LogP contribution is -2.28. The van der Waals surface area contributed by atoms with Gasteiger partial charge in [0.05, 0.1) is 0 Å². The minimum atomic E-state index is 0.424. The first-order valence-electron chi connectivity index (χ1n) is 7.09. The minimum Gasteiger partial charge on any atom is -0.374 e. The van der Waals surface area contributed by atoms with Crippen molar-refractivity contribution in [3.05, 3.63) is 17.0 Å². The molecule has 1 aromatic rings. The fraction of sp³-hybridized carbons (Fsp3) is 0.714. The van der Waals surface area contributed by atoms with E-state index in [0.29, 0.717) is 24.2 Å². The molecule has 0 N–H and O–H groups in total. The Balaban J connectivity index is 2.11. The molecule has 1 fully saturated rings. The molecule has 0 bridgehead atoms. The van der Waals surface area contributed by atoms with Crippen molar-refractivity contribution in [1.29, 1.82) is 0 Å². The van der Waals surface area contributed by atoms with Gasteiger partial charge in [0, 0.05) is 25.8 Å². The number of nitrogens with zero attached hydrogens (tertiary/aromatic N) is 3. The van der Waals surface area contributed by atoms with Gasteiger partial charge in [-0.1, -0.05) is 18.5 Å². The molecule has 0 saturated heterocycles. The van der Waals surface area contributed by atoms with Crippen molar-refractivity contribution in [2.45, 2.75) is 39.7 Å². The van der Waals surface area contributed by atoms with E-state index in [4.69, 9.17) is 16.3 Å². The topological polar surface area (TPSA) is 38.2 Å². The molecule has 0 radical (unpaired) electrons. The summed E-state index contributed by atoms with van der Waals surface area (Å²) in [7, 11) is 0. The van der Waals surface area contributed by atoms with E-state index in [-0.39, 0.29) is 0 Å². The van der Waals surface area contributed by atoms with E-state index in [1.54, 1.807) is 0 Å². The monoisotopic (exact) mass is 283 g/mol. The van der Waals surface area contributed by atoms with Gasteiger partial charge in [0.2, 0.25) is 0 Å². The lowest BCUT2D eigenvalue weighted by Gasteiger charge is -2.23. The van der Waals surface area contributed by atoms with Gasteiger partial charge in [-0.3, -0.25) is 0 Å². The van der Waals surface area contributed by atoms with Gasteiger partial charge in [-0.25, -0.2) is 9.97 Å². The van der Waals surface area contributed by atoms with E-state index >= 15 is 0 Å². The second-order valence-corrected chi connectivity index (χ2v) is 5.38. The van der Waals surface area contributed by atoms with Crippen LogP contribution < -0.4 is 4.90 Å². The first kappa shape index (κ1) is 14.5. The second-order valence-electron chi connectivity index (χ2n) is 4.99. The van der Waals surface area contributed by atoms with Gasteiger partial charge in [0.15, 0.2) is 5.82 Å². The van der Waals surface area contributed by atoms with Crippen LogP contribution in [0.5, 0.6) is 0 Å². The predicted molar refractivity (Wildman–Crippen MR) is 77.6 cm³/mol. The second kappa shape index (κ2) is 7.06. The standard InChI is InChI=1S/C14H22ClN3O/c1-3-7-18(9-11-5-6-11)14-8-12(15)16-13(17-14)10-19-4-2/h8,11H,3-7,9-10H2,1-2H3. The van der Waals surface area contributed by atoms with Gasteiger partial charge in [0.25, 0.3) is 0 Å². The Bertz CT molecular complexity index is 410. The zero-order valence-electron chi connectivity index (χ0n) is 11.7. The van der Waals surface area contributed by atoms with Gasteiger partial charge < -0.3 is 9.64 Å². The number of aromatic nitrogens is 2. The van der Waals surface area contributed by atoms with E-state index in [1.807, 2.05) is 13.0 Å². The van der Waals surface area contributed by atoms with Crippen LogP contribution in [0.3, 0.4) is 0 Å². The maximum atomic E-state index is 6.09. The number of hydrogen-bond donors (Lipinski definition) is 0. The highest BCUT2D eigenvalue weighted by Gasteiger charge is 2.25. The maximum absolute atomic E-state index is 6.09. The van der Waals surface area contributed by atoms with E-state index in [1.165, 1.54) is 12.8 Å². The third-order valence-corrected chi connectivity index (χ3v) is 3.35. The average molecular weight is 284 g/mol. The normalized spacial score (nSPS) is 14.7. The average Bonchev–Trinajstić information content (AvgIpc) is 3.19. The van der Waals surface area contributed by atoms with Crippen molar-refractivity contribution in [3.63, 3.8) is 0 Å². The van der Waals surface area contributed by atoms with Crippen molar-refractivity contribution in [1.82, 2.24) is 9.97 Å². The molecule has 0 unspecified atom stereocenters. The summed E-state index contributed by atoms with van der Waals surface area (Å²) in [6.45, 7) is 7.32. The molecular formula is C14H22ClN3O. The first-order chi connectivity index (χ1) is 9.22. The largest absolute Gasteiger partial charge is 0.374 e. The van der Waals surface area contributed by atoms with Crippen LogP contribution in [0.2, 0.25) is 5.15 Å². The van der Waals surface area contributed by atoms with E-state index in [0.717, 1.165) is 31.2 Å². The van der Waals surface area contributed by atoms with Crippen molar-refractivity contribution in [2.75, 3.05) is 24.6 Å². The zero-order valence-corrected chi connectivity index (χ0v) is 12.5. The molecule has 1 aromatic heterocycles. The number of hydrogen-bond acceptors (Lipinski definition) is 4. The van der Waals surface area contributed by atoms with Crippen LogP contribution in [0.15, 0.2) is 6.07 Å². The summed E-state index contributed by atoms with van der Waals surface area (Å²) in [4.78, 5) is 11.1. The SMILES string of the molecule is CCCN(CC1CC1)c1cc(Cl)nc(COCC)n1. The smallest absolute Gasteiger partial charge is 0.158 e. The molecular weight excluding hydrogens is 262 g/mol. The molecule has 106 valence electrons. The van der Waals surface area contributed by atoms with Crippen molar-refractivity contribution in [2.24, 2.45) is 5.92 Å². The third-order valence-electron chi connectivity index (χ3n) is 3.16. The van der Waals surface area contributed by atoms with E-state index in [9.17, 15) is 0 Å². The van der Waals surface area contributed by atoms with Crippen LogP contribution in [-0.2, 0) is 11.3 Å². The van der Waals surface area contributed by atoms with Crippen molar-refractivity contribution in [3.8, 4) is 0 Å². The summed E-state index contributed by atoms with van der Waals surface area (Å²) in [5, 5.41) is 0.497. The molecule has 0 aliphatic heterocycles. The molecule has 4 nitrogen and oxygen atoms in total. The summed E-state index contributed by atoms with van der Waals surface area (Å²) in [6, 6.07) is 1.86. The molecule has 0 amide bonds. The van der Waals surface area contributed by atoms with Gasteiger partial charge in [-0.2, -0.15) is 0 Å². The van der Waals surface area contributed by atoms with Gasteiger partial charge >= 0.3 is 0 Å². The van der Waals surface area contributed by atoms with Crippen molar-refractivity contribution < 1.29 is 4.74 Å². The molecule has 5 heteroatoms. The highest BCUT2D eigenvalue weighted by molar-refractivity contribution is 6.29. The quantitative estimate of drug-likeness (QED) is 0.686. The van der Waals surface area contributed by atoms with Gasteiger partial charge in [-0.15, -0.1) is 0 Å². The van der Waals surface area contributed by atoms with Crippen LogP contribution in [-0.4, -0.2) is 29.7 Å². The fourth-order valence-corrected chi connectivity index (χ4v) is 2.25. The first-order valence-corrected chi connectivity index (χ1v) is 7.46. The number of halogens is 1. The third kappa shape index (κ3) is 4.62. The molecule has 19 heavy (non-hydrogen) atoms. The van der Waals surface area contributed by atoms with Crippen molar-refractivity contribution >= 4 is 17.4 Å². The summed E-state index contributed by atoms with van der Waals surface area (Å²) in [5.74, 6) is 2.43. The summed E-state index contributed by atoms with van der Waals surface area (Å²) < 4.78 is 5.36. The molecule has 0 spiro atoms. The number of rotatable bonds is 8. The highest BCUT2D eigenvalue weighted by atomic mass is 35.5. The van der Waals surface area contributed by atoms with Crippen LogP contribution in [0.25, 0.3) is 0 Å². The highest BCUT2D eigenvalue weighted by Crippen LogP contribution is 2.31. The van der Waals surface area contributed by atoms with Gasteiger partial charge in [-0.05, 0) is 32.1 Å². The van der Waals surface area contributed by atoms with Gasteiger partial charge in [0.1, 0.15) is 17.6 Å². The molecule has 1 heterocycles. The van der Waals surface area contributed by atoms with Crippen LogP contribution in [0.1, 0.15) is 38.9 Å². The van der Waals surface area contributed by atoms with Crippen LogP contribution in [0.4, 0.5) is 5.82 Å². The fourth-order valence-electron chi connectivity index (χ4n) is 2.05. The Hall–Kier alpha value is -0.870. The lowest BCUT2D eigenvalue weighted by molar-refractivity contribution is 0.128. The van der Waals surface area contributed by atoms with E-state index in [2.05, 4.69) is 21.8 Å². The molecule has 2 rings (SSSR count). The Morgan fingerprint density at radius 1 is 1.37 bits per heavy atom. The summed E-state index contributed by atoms with van der Waals surface area (Å²) in [5.41, 5.74) is 0. The summed E-state index contributed by atoms with van der Waals surface area (Å²) in [6.07, 6.45) is 3.78. The number of ether oxygens (including phenoxy) is 1. The molecule has 1 aliphatic rings. The molecule has 0 atom stereocenters. The Labute approximate surface area is 120 Å². The Kier molecular flexibility index (Phi) is 5.40. The molecule has 1 aliphatic carbocycles. The Morgan fingerprint density at radius 2 is 2.16 bits per heavy atom. The number of anilines is 1. The predicted octanol–water partition coefficient (Wildman–Crippen LogP) is 3.29. The zero-order chi connectivity index (χ0) is 13.7. The Morgan fingerprint density at radius 3 is 2.79 bits per heavy atom. The van der Waals surface area contributed by atoms with E-state index < -0.39 is 0 Å². The minimum absolute atomic E-state index is 0.424. The molecule has 0 aromatic carbocycles. The summed E-state index contributed by atoms with van der Waals surface area (Å²) >= 11 is 6.09. The maximum Gasteiger partial charge on any atom is 0.158 e. The molecule has 1 saturated carbocycles. The lowest BCUT2D eigenvalue weighted by atomic mass is 10.3.